The Morgan fingerprint density at radius 3 is 3.00 bits per heavy atom. The van der Waals surface area contributed by atoms with E-state index in [1.54, 1.807) is 25.0 Å². The summed E-state index contributed by atoms with van der Waals surface area (Å²) in [6.07, 6.45) is 2.44. The van der Waals surface area contributed by atoms with Crippen molar-refractivity contribution < 1.29 is 9.53 Å². The van der Waals surface area contributed by atoms with Gasteiger partial charge in [0.25, 0.3) is 5.91 Å². The Hall–Kier alpha value is -1.07. The van der Waals surface area contributed by atoms with Crippen molar-refractivity contribution in [3.63, 3.8) is 0 Å². The smallest absolute Gasteiger partial charge is 0.254 e. The molecule has 1 aromatic rings. The minimum absolute atomic E-state index is 0.142. The first-order valence-electron chi connectivity index (χ1n) is 5.52. The zero-order valence-electron chi connectivity index (χ0n) is 10.4. The lowest BCUT2D eigenvalue weighted by Crippen LogP contribution is -2.32. The van der Waals surface area contributed by atoms with E-state index in [1.807, 2.05) is 6.92 Å². The van der Waals surface area contributed by atoms with Gasteiger partial charge in [0.1, 0.15) is 0 Å². The van der Waals surface area contributed by atoms with Gasteiger partial charge in [-0.05, 0) is 6.42 Å². The Morgan fingerprint density at radius 1 is 1.71 bits per heavy atom. The Balaban J connectivity index is 2.57. The van der Waals surface area contributed by atoms with Crippen LogP contribution in [0.5, 0.6) is 0 Å². The van der Waals surface area contributed by atoms with Gasteiger partial charge in [0, 0.05) is 26.9 Å². The fourth-order valence-corrected chi connectivity index (χ4v) is 1.73. The molecule has 0 aliphatic rings. The van der Waals surface area contributed by atoms with Gasteiger partial charge in [-0.3, -0.25) is 9.48 Å². The normalized spacial score (nSPS) is 12.5. The monoisotopic (exact) mass is 259 g/mol. The Kier molecular flexibility index (Phi) is 5.44. The highest BCUT2D eigenvalue weighted by molar-refractivity contribution is 6.21. The third-order valence-electron chi connectivity index (χ3n) is 2.32. The van der Waals surface area contributed by atoms with Gasteiger partial charge in [-0.2, -0.15) is 5.10 Å². The summed E-state index contributed by atoms with van der Waals surface area (Å²) in [4.78, 5) is 11.9. The number of halogens is 1. The van der Waals surface area contributed by atoms with Crippen molar-refractivity contribution in [2.24, 2.45) is 7.05 Å². The molecule has 1 aromatic heterocycles. The van der Waals surface area contributed by atoms with Crippen LogP contribution < -0.4 is 5.32 Å². The summed E-state index contributed by atoms with van der Waals surface area (Å²) in [5.41, 5.74) is 1.40. The summed E-state index contributed by atoms with van der Waals surface area (Å²) in [5, 5.41) is 6.76. The molecule has 1 amide bonds. The number of ether oxygens (including phenoxy) is 1. The molecular formula is C11H18ClN3O2. The summed E-state index contributed by atoms with van der Waals surface area (Å²) in [5.74, 6) is -0.142. The molecular weight excluding hydrogens is 242 g/mol. The van der Waals surface area contributed by atoms with Crippen LogP contribution >= 0.6 is 11.6 Å². The van der Waals surface area contributed by atoms with Gasteiger partial charge in [-0.15, -0.1) is 11.6 Å². The number of amides is 1. The lowest BCUT2D eigenvalue weighted by Gasteiger charge is -2.09. The van der Waals surface area contributed by atoms with Gasteiger partial charge >= 0.3 is 0 Å². The first-order chi connectivity index (χ1) is 8.08. The molecule has 0 aliphatic heterocycles. The van der Waals surface area contributed by atoms with Crippen LogP contribution in [0.3, 0.4) is 0 Å². The number of alkyl halides is 1. The molecule has 96 valence electrons. The van der Waals surface area contributed by atoms with Crippen LogP contribution in [0.25, 0.3) is 0 Å². The molecule has 0 saturated carbocycles. The van der Waals surface area contributed by atoms with E-state index in [9.17, 15) is 4.79 Å². The van der Waals surface area contributed by atoms with E-state index < -0.39 is 0 Å². The SMILES string of the molecule is CCc1nn(C)cc1C(=O)NCC(Cl)COC. The molecule has 5 nitrogen and oxygen atoms in total. The van der Waals surface area contributed by atoms with E-state index in [-0.39, 0.29) is 11.3 Å². The molecule has 1 atom stereocenters. The van der Waals surface area contributed by atoms with Gasteiger partial charge in [-0.25, -0.2) is 0 Å². The lowest BCUT2D eigenvalue weighted by molar-refractivity contribution is 0.0948. The van der Waals surface area contributed by atoms with E-state index in [1.165, 1.54) is 0 Å². The molecule has 0 aliphatic carbocycles. The molecule has 0 spiro atoms. The van der Waals surface area contributed by atoms with E-state index in [0.717, 1.165) is 12.1 Å². The lowest BCUT2D eigenvalue weighted by atomic mass is 10.2. The van der Waals surface area contributed by atoms with Crippen LogP contribution in [0.15, 0.2) is 6.20 Å². The zero-order valence-corrected chi connectivity index (χ0v) is 11.1. The topological polar surface area (TPSA) is 56.2 Å². The summed E-state index contributed by atoms with van der Waals surface area (Å²) in [6.45, 7) is 2.76. The van der Waals surface area contributed by atoms with E-state index in [2.05, 4.69) is 10.4 Å². The van der Waals surface area contributed by atoms with Crippen LogP contribution in [0, 0.1) is 0 Å². The molecule has 17 heavy (non-hydrogen) atoms. The second kappa shape index (κ2) is 6.61. The van der Waals surface area contributed by atoms with Crippen LogP contribution in [0.2, 0.25) is 0 Å². The van der Waals surface area contributed by atoms with Crippen molar-refractivity contribution in [1.82, 2.24) is 15.1 Å². The zero-order chi connectivity index (χ0) is 12.8. The third kappa shape index (κ3) is 4.02. The van der Waals surface area contributed by atoms with Gasteiger partial charge in [-0.1, -0.05) is 6.92 Å². The summed E-state index contributed by atoms with van der Waals surface area (Å²) in [6, 6.07) is 0. The molecule has 1 heterocycles. The second-order valence-corrected chi connectivity index (χ2v) is 4.40. The third-order valence-corrected chi connectivity index (χ3v) is 2.60. The molecule has 0 radical (unpaired) electrons. The van der Waals surface area contributed by atoms with Gasteiger partial charge in [0.05, 0.1) is 23.2 Å². The number of rotatable bonds is 6. The number of nitrogens with zero attached hydrogens (tertiary/aromatic N) is 2. The molecule has 1 N–H and O–H groups in total. The number of nitrogens with one attached hydrogen (secondary N) is 1. The fraction of sp³-hybridized carbons (Fsp3) is 0.636. The number of carbonyl (C=O) groups is 1. The molecule has 0 bridgehead atoms. The van der Waals surface area contributed by atoms with Crippen LogP contribution in [-0.2, 0) is 18.2 Å². The average molecular weight is 260 g/mol. The Bertz CT molecular complexity index is 379. The number of carbonyl (C=O) groups excluding carboxylic acids is 1. The fourth-order valence-electron chi connectivity index (χ4n) is 1.52. The molecule has 0 aromatic carbocycles. The van der Waals surface area contributed by atoms with Crippen LogP contribution in [0.1, 0.15) is 23.0 Å². The average Bonchev–Trinajstić information content (AvgIpc) is 2.68. The highest BCUT2D eigenvalue weighted by atomic mass is 35.5. The number of hydrogen-bond donors (Lipinski definition) is 1. The van der Waals surface area contributed by atoms with Crippen molar-refractivity contribution in [3.8, 4) is 0 Å². The van der Waals surface area contributed by atoms with Crippen LogP contribution in [0.4, 0.5) is 0 Å². The predicted molar refractivity (Wildman–Crippen MR) is 66.4 cm³/mol. The highest BCUT2D eigenvalue weighted by Crippen LogP contribution is 2.07. The Morgan fingerprint density at radius 2 is 2.41 bits per heavy atom. The van der Waals surface area contributed by atoms with Crippen molar-refractivity contribution in [1.29, 1.82) is 0 Å². The van der Waals surface area contributed by atoms with E-state index in [0.29, 0.717) is 18.7 Å². The first-order valence-corrected chi connectivity index (χ1v) is 5.95. The summed E-state index contributed by atoms with van der Waals surface area (Å²) < 4.78 is 6.53. The molecule has 0 fully saturated rings. The van der Waals surface area contributed by atoms with Crippen LogP contribution in [-0.4, -0.2) is 41.3 Å². The van der Waals surface area contributed by atoms with E-state index >= 15 is 0 Å². The number of aryl methyl sites for hydroxylation is 2. The maximum atomic E-state index is 11.9. The second-order valence-electron chi connectivity index (χ2n) is 3.78. The van der Waals surface area contributed by atoms with Crippen molar-refractivity contribution in [3.05, 3.63) is 17.5 Å². The molecule has 1 rings (SSSR count). The quantitative estimate of drug-likeness (QED) is 0.775. The Labute approximate surface area is 106 Å². The first kappa shape index (κ1) is 14.0. The summed E-state index contributed by atoms with van der Waals surface area (Å²) >= 11 is 5.93. The van der Waals surface area contributed by atoms with Crippen molar-refractivity contribution in [2.75, 3.05) is 20.3 Å². The number of aromatic nitrogens is 2. The van der Waals surface area contributed by atoms with Gasteiger partial charge in [0.2, 0.25) is 0 Å². The largest absolute Gasteiger partial charge is 0.383 e. The maximum Gasteiger partial charge on any atom is 0.254 e. The molecule has 6 heteroatoms. The molecule has 1 unspecified atom stereocenters. The minimum Gasteiger partial charge on any atom is -0.383 e. The van der Waals surface area contributed by atoms with Gasteiger partial charge in [0.15, 0.2) is 0 Å². The van der Waals surface area contributed by atoms with E-state index in [4.69, 9.17) is 16.3 Å². The number of hydrogen-bond acceptors (Lipinski definition) is 3. The number of methoxy groups -OCH3 is 1. The standard InChI is InChI=1S/C11H18ClN3O2/c1-4-10-9(6-15(2)14-10)11(16)13-5-8(12)7-17-3/h6,8H,4-5,7H2,1-3H3,(H,13,16). The maximum absolute atomic E-state index is 11.9. The minimum atomic E-state index is -0.217. The predicted octanol–water partition coefficient (Wildman–Crippen LogP) is 0.966. The van der Waals surface area contributed by atoms with Crippen molar-refractivity contribution >= 4 is 17.5 Å². The highest BCUT2D eigenvalue weighted by Gasteiger charge is 2.15. The molecule has 0 saturated heterocycles. The summed E-state index contributed by atoms with van der Waals surface area (Å²) in [7, 11) is 3.37. The van der Waals surface area contributed by atoms with Gasteiger partial charge < -0.3 is 10.1 Å². The van der Waals surface area contributed by atoms with Crippen molar-refractivity contribution in [2.45, 2.75) is 18.7 Å².